The first-order chi connectivity index (χ1) is 14.2. The zero-order valence-electron chi connectivity index (χ0n) is 17.7. The number of hydrogen-bond donors (Lipinski definition) is 1. The fraction of sp³-hybridized carbons (Fsp3) is 0.435. The first-order valence-electron chi connectivity index (χ1n) is 10.4. The van der Waals surface area contributed by atoms with E-state index in [0.717, 1.165) is 24.7 Å². The molecule has 0 heterocycles. The molecule has 3 rings (SSSR count). The van der Waals surface area contributed by atoms with E-state index in [2.05, 4.69) is 23.5 Å². The summed E-state index contributed by atoms with van der Waals surface area (Å²) < 4.78 is 26.3. The van der Waals surface area contributed by atoms with Crippen molar-refractivity contribution in [1.82, 2.24) is 5.32 Å². The molecular formula is C23H29ClN2O3S. The molecule has 0 saturated heterocycles. The minimum atomic E-state index is -3.67. The summed E-state index contributed by atoms with van der Waals surface area (Å²) in [6.45, 7) is 3.74. The standard InChI is InChI=1S/C23H29ClN2O3S/c1-4-22(26(30(3,28)29)21-13-11-20(24)12-14-21)23(27)25-16(2)18-10-9-17-7-5-6-8-19(17)15-18/h9-16,22H,4-8H2,1-3H3,(H,25,27)/t16-,22+/m0/s1. The Morgan fingerprint density at radius 2 is 1.73 bits per heavy atom. The first kappa shape index (κ1) is 22.6. The highest BCUT2D eigenvalue weighted by Crippen LogP contribution is 2.27. The third kappa shape index (κ3) is 5.16. The number of hydrogen-bond acceptors (Lipinski definition) is 3. The number of rotatable bonds is 7. The maximum absolute atomic E-state index is 13.1. The molecule has 2 atom stereocenters. The van der Waals surface area contributed by atoms with Gasteiger partial charge in [-0.1, -0.05) is 36.7 Å². The number of fused-ring (bicyclic) bond motifs is 1. The van der Waals surface area contributed by atoms with Crippen molar-refractivity contribution in [2.75, 3.05) is 10.6 Å². The number of carbonyl (C=O) groups excluding carboxylic acids is 1. The molecule has 1 aliphatic carbocycles. The quantitative estimate of drug-likeness (QED) is 0.670. The Balaban J connectivity index is 1.82. The lowest BCUT2D eigenvalue weighted by molar-refractivity contribution is -0.122. The van der Waals surface area contributed by atoms with E-state index in [1.807, 2.05) is 13.8 Å². The van der Waals surface area contributed by atoms with E-state index in [1.165, 1.54) is 28.3 Å². The molecule has 0 saturated carbocycles. The van der Waals surface area contributed by atoms with Gasteiger partial charge in [-0.15, -0.1) is 0 Å². The maximum atomic E-state index is 13.1. The number of carbonyl (C=O) groups is 1. The lowest BCUT2D eigenvalue weighted by Gasteiger charge is -2.31. The summed E-state index contributed by atoms with van der Waals surface area (Å²) in [6.07, 6.45) is 6.06. The van der Waals surface area contributed by atoms with Crippen LogP contribution in [-0.2, 0) is 27.7 Å². The molecule has 162 valence electrons. The van der Waals surface area contributed by atoms with Crippen LogP contribution in [0.2, 0.25) is 5.02 Å². The van der Waals surface area contributed by atoms with Gasteiger partial charge in [0.2, 0.25) is 15.9 Å². The highest BCUT2D eigenvalue weighted by molar-refractivity contribution is 7.92. The Bertz CT molecular complexity index is 1010. The van der Waals surface area contributed by atoms with E-state index in [0.29, 0.717) is 17.1 Å². The van der Waals surface area contributed by atoms with Gasteiger partial charge in [-0.25, -0.2) is 8.42 Å². The number of amides is 1. The lowest BCUT2D eigenvalue weighted by atomic mass is 9.89. The van der Waals surface area contributed by atoms with Crippen LogP contribution >= 0.6 is 11.6 Å². The van der Waals surface area contributed by atoms with Crippen molar-refractivity contribution in [3.05, 3.63) is 64.2 Å². The van der Waals surface area contributed by atoms with Gasteiger partial charge in [0.25, 0.3) is 0 Å². The van der Waals surface area contributed by atoms with E-state index in [9.17, 15) is 13.2 Å². The SMILES string of the molecule is CC[C@H](C(=O)N[C@@H](C)c1ccc2c(c1)CCCC2)N(c1ccc(Cl)cc1)S(C)(=O)=O. The number of benzene rings is 2. The van der Waals surface area contributed by atoms with Crippen LogP contribution in [0.1, 0.15) is 55.8 Å². The molecule has 2 aromatic carbocycles. The summed E-state index contributed by atoms with van der Waals surface area (Å²) in [6, 6.07) is 11.8. The molecule has 0 aromatic heterocycles. The summed E-state index contributed by atoms with van der Waals surface area (Å²) in [5.41, 5.74) is 4.20. The number of sulfonamides is 1. The molecule has 1 aliphatic rings. The van der Waals surface area contributed by atoms with Crippen LogP contribution in [0.4, 0.5) is 5.69 Å². The number of nitrogens with zero attached hydrogens (tertiary/aromatic N) is 1. The zero-order valence-corrected chi connectivity index (χ0v) is 19.3. The van der Waals surface area contributed by atoms with E-state index in [1.54, 1.807) is 24.3 Å². The average molecular weight is 449 g/mol. The number of aryl methyl sites for hydroxylation is 2. The number of halogens is 1. The van der Waals surface area contributed by atoms with Gasteiger partial charge in [0.1, 0.15) is 6.04 Å². The molecule has 0 radical (unpaired) electrons. The lowest BCUT2D eigenvalue weighted by Crippen LogP contribution is -2.49. The fourth-order valence-corrected chi connectivity index (χ4v) is 5.40. The molecule has 0 bridgehead atoms. The van der Waals surface area contributed by atoms with Gasteiger partial charge in [-0.2, -0.15) is 0 Å². The molecule has 0 spiro atoms. The highest BCUT2D eigenvalue weighted by Gasteiger charge is 2.32. The first-order valence-corrected chi connectivity index (χ1v) is 12.6. The van der Waals surface area contributed by atoms with Gasteiger partial charge < -0.3 is 5.32 Å². The van der Waals surface area contributed by atoms with Crippen molar-refractivity contribution < 1.29 is 13.2 Å². The van der Waals surface area contributed by atoms with Crippen molar-refractivity contribution in [2.24, 2.45) is 0 Å². The van der Waals surface area contributed by atoms with Crippen LogP contribution < -0.4 is 9.62 Å². The van der Waals surface area contributed by atoms with E-state index in [4.69, 9.17) is 11.6 Å². The minimum Gasteiger partial charge on any atom is -0.348 e. The second-order valence-corrected chi connectivity index (χ2v) is 10.2. The van der Waals surface area contributed by atoms with Gasteiger partial charge in [0, 0.05) is 5.02 Å². The molecule has 0 aliphatic heterocycles. The predicted octanol–water partition coefficient (Wildman–Crippen LogP) is 4.64. The Morgan fingerprint density at radius 1 is 1.10 bits per heavy atom. The van der Waals surface area contributed by atoms with Crippen LogP contribution in [0.25, 0.3) is 0 Å². The second kappa shape index (κ2) is 9.40. The van der Waals surface area contributed by atoms with Gasteiger partial charge in [-0.05, 0) is 80.0 Å². The van der Waals surface area contributed by atoms with E-state index >= 15 is 0 Å². The fourth-order valence-electron chi connectivity index (χ4n) is 4.06. The summed E-state index contributed by atoms with van der Waals surface area (Å²) in [7, 11) is -3.67. The highest BCUT2D eigenvalue weighted by atomic mass is 35.5. The van der Waals surface area contributed by atoms with Crippen molar-refractivity contribution >= 4 is 33.2 Å². The molecule has 0 unspecified atom stereocenters. The summed E-state index contributed by atoms with van der Waals surface area (Å²) in [5, 5.41) is 3.52. The van der Waals surface area contributed by atoms with Gasteiger partial charge in [0.05, 0.1) is 18.0 Å². The molecular weight excluding hydrogens is 420 g/mol. The Hall–Kier alpha value is -2.05. The summed E-state index contributed by atoms with van der Waals surface area (Å²) >= 11 is 5.95. The Labute approximate surface area is 184 Å². The van der Waals surface area contributed by atoms with Gasteiger partial charge >= 0.3 is 0 Å². The molecule has 1 amide bonds. The predicted molar refractivity (Wildman–Crippen MR) is 122 cm³/mol. The van der Waals surface area contributed by atoms with Crippen LogP contribution in [0.5, 0.6) is 0 Å². The van der Waals surface area contributed by atoms with Gasteiger partial charge in [-0.3, -0.25) is 9.10 Å². The van der Waals surface area contributed by atoms with Crippen LogP contribution in [0.3, 0.4) is 0 Å². The van der Waals surface area contributed by atoms with Crippen molar-refractivity contribution in [1.29, 1.82) is 0 Å². The maximum Gasteiger partial charge on any atom is 0.244 e. The molecule has 7 heteroatoms. The molecule has 5 nitrogen and oxygen atoms in total. The zero-order chi connectivity index (χ0) is 21.9. The Morgan fingerprint density at radius 3 is 2.33 bits per heavy atom. The summed E-state index contributed by atoms with van der Waals surface area (Å²) in [5.74, 6) is -0.317. The molecule has 1 N–H and O–H groups in total. The third-order valence-corrected chi connectivity index (χ3v) is 7.07. The summed E-state index contributed by atoms with van der Waals surface area (Å²) in [4.78, 5) is 13.1. The van der Waals surface area contributed by atoms with Crippen LogP contribution in [0, 0.1) is 0 Å². The van der Waals surface area contributed by atoms with Crippen molar-refractivity contribution in [2.45, 2.75) is 58.0 Å². The second-order valence-electron chi connectivity index (χ2n) is 7.92. The monoisotopic (exact) mass is 448 g/mol. The smallest absolute Gasteiger partial charge is 0.244 e. The Kier molecular flexibility index (Phi) is 7.09. The van der Waals surface area contributed by atoms with Gasteiger partial charge in [0.15, 0.2) is 0 Å². The normalized spacial score (nSPS) is 15.7. The van der Waals surface area contributed by atoms with Crippen LogP contribution in [0.15, 0.2) is 42.5 Å². The molecule has 0 fully saturated rings. The molecule has 2 aromatic rings. The minimum absolute atomic E-state index is 0.217. The van der Waals surface area contributed by atoms with Crippen molar-refractivity contribution in [3.8, 4) is 0 Å². The third-order valence-electron chi connectivity index (χ3n) is 5.64. The van der Waals surface area contributed by atoms with Crippen LogP contribution in [-0.4, -0.2) is 26.6 Å². The van der Waals surface area contributed by atoms with Crippen molar-refractivity contribution in [3.63, 3.8) is 0 Å². The topological polar surface area (TPSA) is 66.5 Å². The van der Waals surface area contributed by atoms with E-state index in [-0.39, 0.29) is 11.9 Å². The van der Waals surface area contributed by atoms with E-state index < -0.39 is 16.1 Å². The largest absolute Gasteiger partial charge is 0.348 e. The molecule has 30 heavy (non-hydrogen) atoms. The number of anilines is 1. The number of nitrogens with one attached hydrogen (secondary N) is 1. The average Bonchev–Trinajstić information content (AvgIpc) is 2.71.